The summed E-state index contributed by atoms with van der Waals surface area (Å²) in [4.78, 5) is 17.1. The van der Waals surface area contributed by atoms with Crippen LogP contribution in [-0.2, 0) is 22.4 Å². The fourth-order valence-corrected chi connectivity index (χ4v) is 4.38. The number of carbonyl (C=O) groups is 1. The molecule has 1 aromatic rings. The number of hydrogen-bond acceptors (Lipinski definition) is 4. The minimum absolute atomic E-state index is 0.0636. The third kappa shape index (κ3) is 3.08. The lowest BCUT2D eigenvalue weighted by Crippen LogP contribution is -2.49. The van der Waals surface area contributed by atoms with Crippen LogP contribution >= 0.6 is 0 Å². The number of aryl methyl sites for hydroxylation is 1. The van der Waals surface area contributed by atoms with Crippen LogP contribution in [0.3, 0.4) is 0 Å². The lowest BCUT2D eigenvalue weighted by molar-refractivity contribution is -0.135. The summed E-state index contributed by atoms with van der Waals surface area (Å²) in [6.45, 7) is 4.26. The average molecular weight is 330 g/mol. The Bertz CT molecular complexity index is 600. The van der Waals surface area contributed by atoms with Gasteiger partial charge in [0.1, 0.15) is 0 Å². The molecule has 1 aliphatic carbocycles. The number of β-amino-alcohol motifs (C(OH)–C–C–N with tert-alkyl or cyclic N) is 1. The topological polar surface area (TPSA) is 53.0 Å². The maximum atomic E-state index is 13.0. The fourth-order valence-electron chi connectivity index (χ4n) is 4.38. The largest absolute Gasteiger partial charge is 0.390 e. The van der Waals surface area contributed by atoms with Crippen LogP contribution in [0.25, 0.3) is 0 Å². The summed E-state index contributed by atoms with van der Waals surface area (Å²) < 4.78 is 5.39. The number of hydrogen-bond donors (Lipinski definition) is 1. The Balaban J connectivity index is 1.40. The zero-order valence-electron chi connectivity index (χ0n) is 14.1. The van der Waals surface area contributed by atoms with Crippen LogP contribution < -0.4 is 0 Å². The number of amides is 1. The van der Waals surface area contributed by atoms with Crippen LogP contribution in [0.15, 0.2) is 24.3 Å². The molecule has 3 aliphatic rings. The molecule has 0 spiro atoms. The highest BCUT2D eigenvalue weighted by Crippen LogP contribution is 2.28. The van der Waals surface area contributed by atoms with Crippen LogP contribution in [0, 0.1) is 5.92 Å². The van der Waals surface area contributed by atoms with Crippen LogP contribution in [0.1, 0.15) is 17.5 Å². The first-order valence-electron chi connectivity index (χ1n) is 9.08. The van der Waals surface area contributed by atoms with E-state index in [2.05, 4.69) is 29.2 Å². The van der Waals surface area contributed by atoms with Crippen molar-refractivity contribution >= 4 is 5.91 Å². The maximum Gasteiger partial charge on any atom is 0.226 e. The molecule has 2 aliphatic heterocycles. The van der Waals surface area contributed by atoms with Gasteiger partial charge in [0.05, 0.1) is 25.4 Å². The second-order valence-electron chi connectivity index (χ2n) is 7.23. The van der Waals surface area contributed by atoms with Crippen molar-refractivity contribution in [3.05, 3.63) is 35.4 Å². The number of ether oxygens (including phenoxy) is 1. The summed E-state index contributed by atoms with van der Waals surface area (Å²) >= 11 is 0. The average Bonchev–Trinajstić information content (AvgIpc) is 3.03. The van der Waals surface area contributed by atoms with Crippen LogP contribution in [-0.4, -0.2) is 72.4 Å². The minimum Gasteiger partial charge on any atom is -0.390 e. The van der Waals surface area contributed by atoms with Crippen molar-refractivity contribution in [2.45, 2.75) is 31.4 Å². The predicted molar refractivity (Wildman–Crippen MR) is 90.7 cm³/mol. The molecular weight excluding hydrogens is 304 g/mol. The van der Waals surface area contributed by atoms with Gasteiger partial charge in [0.2, 0.25) is 5.91 Å². The van der Waals surface area contributed by atoms with Gasteiger partial charge in [-0.15, -0.1) is 0 Å². The molecule has 2 heterocycles. The molecule has 24 heavy (non-hydrogen) atoms. The Kier molecular flexibility index (Phi) is 4.57. The van der Waals surface area contributed by atoms with Crippen molar-refractivity contribution in [2.24, 2.45) is 5.92 Å². The van der Waals surface area contributed by atoms with Gasteiger partial charge in [0.15, 0.2) is 0 Å². The molecule has 0 aromatic heterocycles. The van der Waals surface area contributed by atoms with Gasteiger partial charge in [-0.1, -0.05) is 24.3 Å². The molecule has 130 valence electrons. The first-order chi connectivity index (χ1) is 11.7. The lowest BCUT2D eigenvalue weighted by Gasteiger charge is -2.33. The van der Waals surface area contributed by atoms with Gasteiger partial charge in [-0.05, 0) is 30.4 Å². The summed E-state index contributed by atoms with van der Waals surface area (Å²) in [5, 5.41) is 10.4. The molecule has 3 atom stereocenters. The third-order valence-corrected chi connectivity index (χ3v) is 5.78. The molecule has 2 fully saturated rings. The summed E-state index contributed by atoms with van der Waals surface area (Å²) in [5.41, 5.74) is 2.70. The van der Waals surface area contributed by atoms with Crippen molar-refractivity contribution < 1.29 is 14.6 Å². The molecule has 0 bridgehead atoms. The van der Waals surface area contributed by atoms with E-state index in [4.69, 9.17) is 4.74 Å². The fraction of sp³-hybridized carbons (Fsp3) is 0.632. The molecule has 5 heteroatoms. The highest BCUT2D eigenvalue weighted by molar-refractivity contribution is 5.80. The van der Waals surface area contributed by atoms with E-state index < -0.39 is 6.10 Å². The van der Waals surface area contributed by atoms with E-state index in [1.54, 1.807) is 0 Å². The summed E-state index contributed by atoms with van der Waals surface area (Å²) in [7, 11) is 0. The number of morpholine rings is 1. The van der Waals surface area contributed by atoms with E-state index >= 15 is 0 Å². The smallest absolute Gasteiger partial charge is 0.226 e. The maximum absolute atomic E-state index is 13.0. The van der Waals surface area contributed by atoms with Gasteiger partial charge in [-0.25, -0.2) is 0 Å². The molecule has 1 amide bonds. The van der Waals surface area contributed by atoms with E-state index in [1.807, 2.05) is 4.90 Å². The Morgan fingerprint density at radius 2 is 1.88 bits per heavy atom. The monoisotopic (exact) mass is 330 g/mol. The van der Waals surface area contributed by atoms with Crippen molar-refractivity contribution in [3.8, 4) is 0 Å². The van der Waals surface area contributed by atoms with Gasteiger partial charge >= 0.3 is 0 Å². The van der Waals surface area contributed by atoms with Gasteiger partial charge in [-0.3, -0.25) is 9.69 Å². The third-order valence-electron chi connectivity index (χ3n) is 5.78. The Labute approximate surface area is 143 Å². The van der Waals surface area contributed by atoms with E-state index in [9.17, 15) is 9.90 Å². The van der Waals surface area contributed by atoms with Gasteiger partial charge in [-0.2, -0.15) is 0 Å². The number of carbonyl (C=O) groups excluding carboxylic acids is 1. The van der Waals surface area contributed by atoms with Crippen molar-refractivity contribution in [2.75, 3.05) is 39.4 Å². The number of benzene rings is 1. The molecular formula is C19H26N2O3. The van der Waals surface area contributed by atoms with Gasteiger partial charge < -0.3 is 14.7 Å². The first kappa shape index (κ1) is 16.1. The molecule has 4 rings (SSSR count). The number of rotatable bonds is 2. The molecule has 1 N–H and O–H groups in total. The molecule has 2 saturated heterocycles. The first-order valence-corrected chi connectivity index (χ1v) is 9.08. The molecule has 1 unspecified atom stereocenters. The van der Waals surface area contributed by atoms with E-state index in [0.717, 1.165) is 45.6 Å². The van der Waals surface area contributed by atoms with Crippen LogP contribution in [0.2, 0.25) is 0 Å². The van der Waals surface area contributed by atoms with E-state index in [-0.39, 0.29) is 17.9 Å². The second-order valence-corrected chi connectivity index (χ2v) is 7.23. The van der Waals surface area contributed by atoms with Crippen molar-refractivity contribution in [1.82, 2.24) is 9.80 Å². The number of aliphatic hydroxyl groups is 1. The second kappa shape index (κ2) is 6.82. The van der Waals surface area contributed by atoms with E-state index in [1.165, 1.54) is 11.1 Å². The van der Waals surface area contributed by atoms with Gasteiger partial charge in [0, 0.05) is 32.1 Å². The highest BCUT2D eigenvalue weighted by atomic mass is 16.5. The molecule has 0 saturated carbocycles. The highest BCUT2D eigenvalue weighted by Gasteiger charge is 2.40. The Morgan fingerprint density at radius 1 is 1.12 bits per heavy atom. The zero-order valence-corrected chi connectivity index (χ0v) is 14.1. The summed E-state index contributed by atoms with van der Waals surface area (Å²) in [5.74, 6) is 0.287. The Morgan fingerprint density at radius 3 is 2.67 bits per heavy atom. The van der Waals surface area contributed by atoms with E-state index in [0.29, 0.717) is 13.1 Å². The predicted octanol–water partition coefficient (Wildman–Crippen LogP) is 0.695. The normalized spacial score (nSPS) is 31.0. The summed E-state index contributed by atoms with van der Waals surface area (Å²) in [6.07, 6.45) is 2.30. The number of fused-ring (bicyclic) bond motifs is 1. The van der Waals surface area contributed by atoms with Crippen LogP contribution in [0.5, 0.6) is 0 Å². The quantitative estimate of drug-likeness (QED) is 0.867. The minimum atomic E-state index is -0.442. The van der Waals surface area contributed by atoms with Gasteiger partial charge in [0.25, 0.3) is 0 Å². The zero-order chi connectivity index (χ0) is 16.5. The summed E-state index contributed by atoms with van der Waals surface area (Å²) in [6, 6.07) is 8.51. The molecule has 5 nitrogen and oxygen atoms in total. The number of nitrogens with zero attached hydrogens (tertiary/aromatic N) is 2. The SMILES string of the molecule is O=C(C1CCc2ccccc2C1)N1C[C@@H](O)[C@H](N2CCOCC2)C1. The lowest BCUT2D eigenvalue weighted by atomic mass is 9.83. The van der Waals surface area contributed by atoms with Crippen molar-refractivity contribution in [1.29, 1.82) is 0 Å². The number of likely N-dealkylation sites (tertiary alicyclic amines) is 1. The standard InChI is InChI=1S/C19H26N2O3/c22-18-13-21(12-17(18)20-7-9-24-10-8-20)19(23)16-6-5-14-3-1-2-4-15(14)11-16/h1-4,16-18,22H,5-13H2/t16?,17-,18-/m1/s1. The molecule has 0 radical (unpaired) electrons. The van der Waals surface area contributed by atoms with Crippen molar-refractivity contribution in [3.63, 3.8) is 0 Å². The van der Waals surface area contributed by atoms with Crippen LogP contribution in [0.4, 0.5) is 0 Å². The number of aliphatic hydroxyl groups excluding tert-OH is 1. The molecule has 1 aromatic carbocycles. The Hall–Kier alpha value is -1.43.